The zero-order chi connectivity index (χ0) is 15.4. The van der Waals surface area contributed by atoms with Crippen molar-refractivity contribution in [2.75, 3.05) is 13.2 Å². The maximum Gasteiger partial charge on any atom is 0.128 e. The molecule has 3 nitrogen and oxygen atoms in total. The topological polar surface area (TPSA) is 30.5 Å². The third-order valence-electron chi connectivity index (χ3n) is 3.93. The van der Waals surface area contributed by atoms with Gasteiger partial charge in [0.05, 0.1) is 0 Å². The number of hydrogen-bond acceptors (Lipinski definition) is 3. The fourth-order valence-electron chi connectivity index (χ4n) is 2.79. The van der Waals surface area contributed by atoms with Crippen molar-refractivity contribution in [3.8, 4) is 5.75 Å². The minimum atomic E-state index is 0.126. The molecule has 4 heteroatoms. The van der Waals surface area contributed by atoms with E-state index in [0.29, 0.717) is 6.04 Å². The predicted molar refractivity (Wildman–Crippen MR) is 87.5 cm³/mol. The Hall–Kier alpha value is -0.770. The molecule has 0 aromatic heterocycles. The van der Waals surface area contributed by atoms with Crippen molar-refractivity contribution in [2.24, 2.45) is 0 Å². The molecule has 0 saturated heterocycles. The van der Waals surface area contributed by atoms with Crippen molar-refractivity contribution in [1.29, 1.82) is 0 Å². The predicted octanol–water partition coefficient (Wildman–Crippen LogP) is 3.88. The molecular weight excluding hydrogens is 286 g/mol. The molecule has 0 aliphatic heterocycles. The van der Waals surface area contributed by atoms with E-state index in [1.54, 1.807) is 0 Å². The molecule has 1 aromatic carbocycles. The zero-order valence-electron chi connectivity index (χ0n) is 13.4. The van der Waals surface area contributed by atoms with E-state index in [9.17, 15) is 0 Å². The Morgan fingerprint density at radius 3 is 2.48 bits per heavy atom. The highest BCUT2D eigenvalue weighted by molar-refractivity contribution is 6.32. The molecule has 21 heavy (non-hydrogen) atoms. The average Bonchev–Trinajstić information content (AvgIpc) is 2.43. The molecule has 0 spiro atoms. The summed E-state index contributed by atoms with van der Waals surface area (Å²) in [5.41, 5.74) is 2.11. The lowest BCUT2D eigenvalue weighted by Crippen LogP contribution is -2.61. The van der Waals surface area contributed by atoms with Crippen LogP contribution in [0.4, 0.5) is 0 Å². The first-order valence-electron chi connectivity index (χ1n) is 7.85. The molecule has 0 radical (unpaired) electrons. The molecule has 1 aromatic rings. The second kappa shape index (κ2) is 7.48. The van der Waals surface area contributed by atoms with Crippen LogP contribution in [0.3, 0.4) is 0 Å². The lowest BCUT2D eigenvalue weighted by molar-refractivity contribution is -0.107. The van der Waals surface area contributed by atoms with Gasteiger partial charge >= 0.3 is 0 Å². The molecule has 3 unspecified atom stereocenters. The van der Waals surface area contributed by atoms with E-state index < -0.39 is 0 Å². The molecule has 118 valence electrons. The van der Waals surface area contributed by atoms with Crippen molar-refractivity contribution < 1.29 is 9.47 Å². The van der Waals surface area contributed by atoms with Crippen LogP contribution in [0.15, 0.2) is 12.1 Å². The summed E-state index contributed by atoms with van der Waals surface area (Å²) in [7, 11) is 0. The molecule has 2 rings (SSSR count). The van der Waals surface area contributed by atoms with Gasteiger partial charge in [-0.15, -0.1) is 0 Å². The first-order valence-corrected chi connectivity index (χ1v) is 8.23. The maximum absolute atomic E-state index is 6.21. The molecule has 0 heterocycles. The number of likely N-dealkylation sites (N-methyl/N-ethyl adjacent to an activating group) is 1. The summed E-state index contributed by atoms with van der Waals surface area (Å²) in [5.74, 6) is 0.888. The molecule has 0 bridgehead atoms. The van der Waals surface area contributed by atoms with E-state index in [1.165, 1.54) is 0 Å². The molecular formula is C17H26ClNO2. The monoisotopic (exact) mass is 311 g/mol. The van der Waals surface area contributed by atoms with E-state index in [-0.39, 0.29) is 12.2 Å². The fourth-order valence-corrected chi connectivity index (χ4v) is 2.89. The quantitative estimate of drug-likeness (QED) is 0.829. The van der Waals surface area contributed by atoms with E-state index in [1.807, 2.05) is 26.0 Å². The lowest BCUT2D eigenvalue weighted by atomic mass is 9.85. The van der Waals surface area contributed by atoms with Crippen molar-refractivity contribution in [3.05, 3.63) is 28.3 Å². The highest BCUT2D eigenvalue weighted by atomic mass is 35.5. The van der Waals surface area contributed by atoms with Crippen LogP contribution in [-0.2, 0) is 4.74 Å². The summed E-state index contributed by atoms with van der Waals surface area (Å²) in [5, 5.41) is 4.28. The van der Waals surface area contributed by atoms with Gasteiger partial charge in [-0.3, -0.25) is 0 Å². The first-order chi connectivity index (χ1) is 10.1. The molecule has 3 atom stereocenters. The van der Waals surface area contributed by atoms with Crippen molar-refractivity contribution in [2.45, 2.75) is 58.8 Å². The Kier molecular flexibility index (Phi) is 5.91. The summed E-state index contributed by atoms with van der Waals surface area (Å²) in [6.07, 6.45) is 2.28. The maximum atomic E-state index is 6.21. The zero-order valence-corrected chi connectivity index (χ0v) is 14.2. The lowest BCUT2D eigenvalue weighted by Gasteiger charge is -2.44. The van der Waals surface area contributed by atoms with Gasteiger partial charge in [-0.2, -0.15) is 0 Å². The third-order valence-corrected chi connectivity index (χ3v) is 4.52. The van der Waals surface area contributed by atoms with Crippen LogP contribution in [0, 0.1) is 13.8 Å². The van der Waals surface area contributed by atoms with Crippen LogP contribution in [0.5, 0.6) is 5.75 Å². The van der Waals surface area contributed by atoms with Crippen molar-refractivity contribution >= 4 is 11.6 Å². The number of benzene rings is 1. The van der Waals surface area contributed by atoms with Crippen LogP contribution in [-0.4, -0.2) is 31.4 Å². The highest BCUT2D eigenvalue weighted by Crippen LogP contribution is 2.32. The van der Waals surface area contributed by atoms with Gasteiger partial charge in [0, 0.05) is 24.1 Å². The summed E-state index contributed by atoms with van der Waals surface area (Å²) in [4.78, 5) is 0. The molecule has 1 fully saturated rings. The molecule has 1 aliphatic carbocycles. The van der Waals surface area contributed by atoms with Gasteiger partial charge in [0.1, 0.15) is 18.0 Å². The van der Waals surface area contributed by atoms with Crippen LogP contribution < -0.4 is 10.1 Å². The van der Waals surface area contributed by atoms with Gasteiger partial charge in [-0.1, -0.05) is 25.4 Å². The van der Waals surface area contributed by atoms with Crippen molar-refractivity contribution in [3.63, 3.8) is 0 Å². The van der Waals surface area contributed by atoms with Gasteiger partial charge in [-0.25, -0.2) is 0 Å². The van der Waals surface area contributed by atoms with E-state index in [4.69, 9.17) is 21.1 Å². The van der Waals surface area contributed by atoms with Gasteiger partial charge in [-0.05, 0) is 50.1 Å². The summed E-state index contributed by atoms with van der Waals surface area (Å²) in [6.45, 7) is 10.0. The highest BCUT2D eigenvalue weighted by Gasteiger charge is 2.43. The summed E-state index contributed by atoms with van der Waals surface area (Å²) in [6, 6.07) is 4.42. The average molecular weight is 312 g/mol. The summed E-state index contributed by atoms with van der Waals surface area (Å²) >= 11 is 6.21. The smallest absolute Gasteiger partial charge is 0.128 e. The van der Waals surface area contributed by atoms with Gasteiger partial charge < -0.3 is 14.8 Å². The van der Waals surface area contributed by atoms with Crippen LogP contribution >= 0.6 is 11.6 Å². The SMILES string of the molecule is CCCOC1C(NCC)CC1Oc1cc(C)c(Cl)c(C)c1. The molecule has 1 N–H and O–H groups in total. The Bertz CT molecular complexity index is 455. The van der Waals surface area contributed by atoms with Crippen LogP contribution in [0.1, 0.15) is 37.8 Å². The number of ether oxygens (including phenoxy) is 2. The van der Waals surface area contributed by atoms with E-state index in [2.05, 4.69) is 19.2 Å². The largest absolute Gasteiger partial charge is 0.488 e. The van der Waals surface area contributed by atoms with Crippen LogP contribution in [0.25, 0.3) is 0 Å². The molecule has 0 amide bonds. The van der Waals surface area contributed by atoms with Gasteiger partial charge in [0.15, 0.2) is 0 Å². The number of halogens is 1. The first kappa shape index (κ1) is 16.6. The second-order valence-electron chi connectivity index (χ2n) is 5.76. The number of aryl methyl sites for hydroxylation is 2. The minimum Gasteiger partial charge on any atom is -0.488 e. The second-order valence-corrected chi connectivity index (χ2v) is 6.14. The Morgan fingerprint density at radius 1 is 1.24 bits per heavy atom. The number of rotatable bonds is 7. The molecule has 1 saturated carbocycles. The molecule has 1 aliphatic rings. The number of nitrogens with one attached hydrogen (secondary N) is 1. The normalized spacial score (nSPS) is 24.7. The van der Waals surface area contributed by atoms with Gasteiger partial charge in [0.2, 0.25) is 0 Å². The summed E-state index contributed by atoms with van der Waals surface area (Å²) < 4.78 is 12.1. The minimum absolute atomic E-state index is 0.126. The standard InChI is InChI=1S/C17H26ClNO2/c1-5-7-20-17-14(19-6-2)10-15(17)21-13-8-11(3)16(18)12(4)9-13/h8-9,14-15,17,19H,5-7,10H2,1-4H3. The van der Waals surface area contributed by atoms with Crippen LogP contribution in [0.2, 0.25) is 5.02 Å². The Morgan fingerprint density at radius 2 is 1.90 bits per heavy atom. The fraction of sp³-hybridized carbons (Fsp3) is 0.647. The van der Waals surface area contributed by atoms with Crippen molar-refractivity contribution in [1.82, 2.24) is 5.32 Å². The number of hydrogen-bond donors (Lipinski definition) is 1. The third kappa shape index (κ3) is 3.91. The Labute approximate surface area is 133 Å². The van der Waals surface area contributed by atoms with E-state index in [0.717, 1.165) is 47.9 Å². The Balaban J connectivity index is 2.01. The van der Waals surface area contributed by atoms with E-state index >= 15 is 0 Å². The van der Waals surface area contributed by atoms with Gasteiger partial charge in [0.25, 0.3) is 0 Å².